The molecule has 1 amide bonds. The fourth-order valence-corrected chi connectivity index (χ4v) is 4.96. The van der Waals surface area contributed by atoms with Crippen LogP contribution in [0.1, 0.15) is 24.2 Å². The molecule has 0 spiro atoms. The van der Waals surface area contributed by atoms with E-state index in [0.29, 0.717) is 30.0 Å². The molecule has 1 N–H and O–H groups in total. The number of rotatable bonds is 7. The molecular formula is C24H24N4O3S. The van der Waals surface area contributed by atoms with Gasteiger partial charge in [-0.15, -0.1) is 0 Å². The molecule has 0 unspecified atom stereocenters. The van der Waals surface area contributed by atoms with E-state index in [1.165, 1.54) is 16.4 Å². The Bertz CT molecular complexity index is 1340. The van der Waals surface area contributed by atoms with Gasteiger partial charge in [0.1, 0.15) is 5.65 Å². The SMILES string of the molecule is CCN(CC)S(=O)(=O)c1ccc(NC(=O)c2ccn3cc(-c4ccccc4)nc3c2)cc1. The van der Waals surface area contributed by atoms with E-state index in [1.54, 1.807) is 44.3 Å². The summed E-state index contributed by atoms with van der Waals surface area (Å²) >= 11 is 0. The second-order valence-corrected chi connectivity index (χ2v) is 9.18. The zero-order valence-corrected chi connectivity index (χ0v) is 18.7. The van der Waals surface area contributed by atoms with Gasteiger partial charge in [-0.3, -0.25) is 4.79 Å². The van der Waals surface area contributed by atoms with E-state index in [1.807, 2.05) is 40.9 Å². The molecule has 0 aliphatic carbocycles. The van der Waals surface area contributed by atoms with Crippen molar-refractivity contribution < 1.29 is 13.2 Å². The van der Waals surface area contributed by atoms with Crippen molar-refractivity contribution in [1.82, 2.24) is 13.7 Å². The van der Waals surface area contributed by atoms with Crippen LogP contribution in [0.4, 0.5) is 5.69 Å². The lowest BCUT2D eigenvalue weighted by molar-refractivity contribution is 0.102. The smallest absolute Gasteiger partial charge is 0.255 e. The Morgan fingerprint density at radius 3 is 2.34 bits per heavy atom. The topological polar surface area (TPSA) is 83.8 Å². The third kappa shape index (κ3) is 4.28. The number of nitrogens with zero attached hydrogens (tertiary/aromatic N) is 3. The zero-order chi connectivity index (χ0) is 22.7. The molecule has 0 atom stereocenters. The summed E-state index contributed by atoms with van der Waals surface area (Å²) in [6.07, 6.45) is 3.71. The molecule has 0 radical (unpaired) electrons. The molecule has 2 heterocycles. The number of anilines is 1. The molecule has 4 aromatic rings. The van der Waals surface area contributed by atoms with Gasteiger partial charge in [0.15, 0.2) is 0 Å². The van der Waals surface area contributed by atoms with Crippen molar-refractivity contribution in [2.24, 2.45) is 0 Å². The standard InChI is InChI=1S/C24H24N4O3S/c1-3-28(4-2)32(30,31)21-12-10-20(11-13-21)25-24(29)19-14-15-27-17-22(26-23(27)16-19)18-8-6-5-7-9-18/h5-17H,3-4H2,1-2H3,(H,25,29). The summed E-state index contributed by atoms with van der Waals surface area (Å²) in [5.41, 5.74) is 3.47. The van der Waals surface area contributed by atoms with Gasteiger partial charge >= 0.3 is 0 Å². The van der Waals surface area contributed by atoms with Gasteiger partial charge in [0.25, 0.3) is 5.91 Å². The number of sulfonamides is 1. The van der Waals surface area contributed by atoms with E-state index in [0.717, 1.165) is 11.3 Å². The Balaban J connectivity index is 1.52. The Kier molecular flexibility index (Phi) is 6.07. The summed E-state index contributed by atoms with van der Waals surface area (Å²) in [5.74, 6) is -0.295. The van der Waals surface area contributed by atoms with Crippen molar-refractivity contribution in [3.63, 3.8) is 0 Å². The predicted octanol–water partition coefficient (Wildman–Crippen LogP) is 4.28. The quantitative estimate of drug-likeness (QED) is 0.457. The van der Waals surface area contributed by atoms with Crippen LogP contribution in [0.15, 0.2) is 84.0 Å². The van der Waals surface area contributed by atoms with Crippen LogP contribution in [0.25, 0.3) is 16.9 Å². The van der Waals surface area contributed by atoms with Crippen LogP contribution in [0.2, 0.25) is 0 Å². The first-order chi connectivity index (χ1) is 15.4. The second kappa shape index (κ2) is 8.94. The van der Waals surface area contributed by atoms with Gasteiger partial charge in [-0.2, -0.15) is 4.31 Å². The van der Waals surface area contributed by atoms with Gasteiger partial charge in [0.05, 0.1) is 10.6 Å². The van der Waals surface area contributed by atoms with E-state index < -0.39 is 10.0 Å². The number of hydrogen-bond acceptors (Lipinski definition) is 4. The number of amides is 1. The van der Waals surface area contributed by atoms with Crippen molar-refractivity contribution in [1.29, 1.82) is 0 Å². The number of aromatic nitrogens is 2. The van der Waals surface area contributed by atoms with Gasteiger partial charge in [0, 0.05) is 42.3 Å². The molecular weight excluding hydrogens is 424 g/mol. The number of carbonyl (C=O) groups excluding carboxylic acids is 1. The van der Waals surface area contributed by atoms with E-state index in [2.05, 4.69) is 10.3 Å². The fourth-order valence-electron chi connectivity index (χ4n) is 3.50. The van der Waals surface area contributed by atoms with Crippen LogP contribution in [0.3, 0.4) is 0 Å². The van der Waals surface area contributed by atoms with Crippen LogP contribution >= 0.6 is 0 Å². The Morgan fingerprint density at radius 1 is 1.00 bits per heavy atom. The maximum atomic E-state index is 12.7. The lowest BCUT2D eigenvalue weighted by Crippen LogP contribution is -2.30. The van der Waals surface area contributed by atoms with Crippen molar-refractivity contribution >= 4 is 27.3 Å². The largest absolute Gasteiger partial charge is 0.322 e. The molecule has 0 aliphatic rings. The number of carbonyl (C=O) groups is 1. The third-order valence-corrected chi connectivity index (χ3v) is 7.31. The van der Waals surface area contributed by atoms with Crippen molar-refractivity contribution in [3.8, 4) is 11.3 Å². The Hall–Kier alpha value is -3.49. The van der Waals surface area contributed by atoms with E-state index in [-0.39, 0.29) is 10.8 Å². The third-order valence-electron chi connectivity index (χ3n) is 5.25. The molecule has 0 bridgehead atoms. The zero-order valence-electron chi connectivity index (χ0n) is 17.9. The number of imidazole rings is 1. The summed E-state index contributed by atoms with van der Waals surface area (Å²) in [4.78, 5) is 17.6. The number of pyridine rings is 1. The van der Waals surface area contributed by atoms with Crippen LogP contribution in [0, 0.1) is 0 Å². The minimum absolute atomic E-state index is 0.200. The highest BCUT2D eigenvalue weighted by Crippen LogP contribution is 2.21. The molecule has 32 heavy (non-hydrogen) atoms. The molecule has 0 aliphatic heterocycles. The average molecular weight is 449 g/mol. The fraction of sp³-hybridized carbons (Fsp3) is 0.167. The summed E-state index contributed by atoms with van der Waals surface area (Å²) in [6.45, 7) is 4.41. The second-order valence-electron chi connectivity index (χ2n) is 7.24. The first kappa shape index (κ1) is 21.7. The van der Waals surface area contributed by atoms with Crippen molar-refractivity contribution in [2.45, 2.75) is 18.7 Å². The molecule has 7 nitrogen and oxygen atoms in total. The molecule has 4 rings (SSSR count). The number of benzene rings is 2. The van der Waals surface area contributed by atoms with Crippen LogP contribution < -0.4 is 5.32 Å². The molecule has 0 fully saturated rings. The molecule has 0 saturated carbocycles. The van der Waals surface area contributed by atoms with Gasteiger partial charge in [0.2, 0.25) is 10.0 Å². The highest BCUT2D eigenvalue weighted by atomic mass is 32.2. The van der Waals surface area contributed by atoms with Gasteiger partial charge in [-0.25, -0.2) is 13.4 Å². The molecule has 2 aromatic carbocycles. The molecule has 0 saturated heterocycles. The maximum Gasteiger partial charge on any atom is 0.255 e. The first-order valence-electron chi connectivity index (χ1n) is 10.4. The summed E-state index contributed by atoms with van der Waals surface area (Å²) in [7, 11) is -3.53. The maximum absolute atomic E-state index is 12.7. The normalized spacial score (nSPS) is 11.7. The highest BCUT2D eigenvalue weighted by molar-refractivity contribution is 7.89. The highest BCUT2D eigenvalue weighted by Gasteiger charge is 2.21. The van der Waals surface area contributed by atoms with Crippen molar-refractivity contribution in [2.75, 3.05) is 18.4 Å². The van der Waals surface area contributed by atoms with E-state index in [9.17, 15) is 13.2 Å². The molecule has 8 heteroatoms. The van der Waals surface area contributed by atoms with Gasteiger partial charge in [-0.1, -0.05) is 44.2 Å². The lowest BCUT2D eigenvalue weighted by atomic mass is 10.2. The molecule has 164 valence electrons. The first-order valence-corrected chi connectivity index (χ1v) is 11.8. The Morgan fingerprint density at radius 2 is 1.69 bits per heavy atom. The average Bonchev–Trinajstić information content (AvgIpc) is 3.24. The van der Waals surface area contributed by atoms with E-state index in [4.69, 9.17) is 0 Å². The number of fused-ring (bicyclic) bond motifs is 1. The van der Waals surface area contributed by atoms with E-state index >= 15 is 0 Å². The summed E-state index contributed by atoms with van der Waals surface area (Å²) in [5, 5.41) is 2.81. The Labute approximate surface area is 187 Å². The summed E-state index contributed by atoms with van der Waals surface area (Å²) in [6, 6.07) is 19.5. The number of hydrogen-bond donors (Lipinski definition) is 1. The van der Waals surface area contributed by atoms with Gasteiger partial charge in [-0.05, 0) is 36.4 Å². The predicted molar refractivity (Wildman–Crippen MR) is 125 cm³/mol. The van der Waals surface area contributed by atoms with Crippen LogP contribution in [0.5, 0.6) is 0 Å². The van der Waals surface area contributed by atoms with Crippen LogP contribution in [-0.4, -0.2) is 41.1 Å². The monoisotopic (exact) mass is 448 g/mol. The number of nitrogens with one attached hydrogen (secondary N) is 1. The molecule has 2 aromatic heterocycles. The minimum Gasteiger partial charge on any atom is -0.322 e. The lowest BCUT2D eigenvalue weighted by Gasteiger charge is -2.18. The van der Waals surface area contributed by atoms with Crippen molar-refractivity contribution in [3.05, 3.63) is 84.7 Å². The van der Waals surface area contributed by atoms with Gasteiger partial charge < -0.3 is 9.72 Å². The minimum atomic E-state index is -3.53. The van der Waals surface area contributed by atoms with Crippen LogP contribution in [-0.2, 0) is 10.0 Å². The summed E-state index contributed by atoms with van der Waals surface area (Å²) < 4.78 is 28.5.